The first-order valence-electron chi connectivity index (χ1n) is 6.44. The van der Waals surface area contributed by atoms with Gasteiger partial charge in [-0.05, 0) is 12.3 Å². The summed E-state index contributed by atoms with van der Waals surface area (Å²) in [6.45, 7) is 5.94. The Bertz CT molecular complexity index is 435. The van der Waals surface area contributed by atoms with Crippen molar-refractivity contribution in [2.24, 2.45) is 5.92 Å². The zero-order valence-corrected chi connectivity index (χ0v) is 11.9. The lowest BCUT2D eigenvalue weighted by Gasteiger charge is -2.22. The number of rotatable bonds is 6. The third-order valence-electron chi connectivity index (χ3n) is 2.89. The van der Waals surface area contributed by atoms with Crippen molar-refractivity contribution < 1.29 is 9.53 Å². The number of aromatic nitrogens is 2. The second kappa shape index (κ2) is 6.92. The molecule has 0 fully saturated rings. The molecule has 0 aliphatic carbocycles. The van der Waals surface area contributed by atoms with Gasteiger partial charge in [0.1, 0.15) is 24.0 Å². The van der Waals surface area contributed by atoms with Crippen LogP contribution in [0.15, 0.2) is 6.33 Å². The molecule has 0 bridgehead atoms. The van der Waals surface area contributed by atoms with Gasteiger partial charge in [0, 0.05) is 5.56 Å². The summed E-state index contributed by atoms with van der Waals surface area (Å²) in [6, 6.07) is -0.449. The Hall–Kier alpha value is -1.85. The van der Waals surface area contributed by atoms with Crippen molar-refractivity contribution in [2.45, 2.75) is 39.7 Å². The molecule has 1 unspecified atom stereocenters. The molecule has 1 aromatic heterocycles. The number of nitrogens with one attached hydrogen (secondary N) is 1. The summed E-state index contributed by atoms with van der Waals surface area (Å²) in [6.07, 6.45) is 3.09. The van der Waals surface area contributed by atoms with Gasteiger partial charge in [0.2, 0.25) is 0 Å². The molecule has 3 N–H and O–H groups in total. The van der Waals surface area contributed by atoms with Crippen LogP contribution >= 0.6 is 0 Å². The van der Waals surface area contributed by atoms with Gasteiger partial charge in [-0.15, -0.1) is 0 Å². The SMILES string of the molecule is CCCc1c(N)ncnc1NC(C(=O)OC)C(C)C. The van der Waals surface area contributed by atoms with Crippen LogP contribution in [0.5, 0.6) is 0 Å². The lowest BCUT2D eigenvalue weighted by Crippen LogP contribution is -2.36. The first-order chi connectivity index (χ1) is 9.01. The second-order valence-electron chi connectivity index (χ2n) is 4.73. The standard InChI is InChI=1S/C13H22N4O2/c1-5-6-9-11(14)15-7-16-12(9)17-10(8(2)3)13(18)19-4/h7-8,10H,5-6H2,1-4H3,(H3,14,15,16,17). The highest BCUT2D eigenvalue weighted by Gasteiger charge is 2.24. The molecule has 0 amide bonds. The molecule has 0 aliphatic heterocycles. The molecule has 1 heterocycles. The summed E-state index contributed by atoms with van der Waals surface area (Å²) in [5, 5.41) is 3.12. The van der Waals surface area contributed by atoms with Crippen molar-refractivity contribution in [1.82, 2.24) is 9.97 Å². The summed E-state index contributed by atoms with van der Waals surface area (Å²) in [4.78, 5) is 19.9. The maximum absolute atomic E-state index is 11.8. The van der Waals surface area contributed by atoms with Crippen LogP contribution in [0.1, 0.15) is 32.8 Å². The maximum Gasteiger partial charge on any atom is 0.328 e. The molecular formula is C13H22N4O2. The van der Waals surface area contributed by atoms with Crippen LogP contribution in [0.4, 0.5) is 11.6 Å². The number of carbonyl (C=O) groups is 1. The number of nitrogens with zero attached hydrogens (tertiary/aromatic N) is 2. The monoisotopic (exact) mass is 266 g/mol. The second-order valence-corrected chi connectivity index (χ2v) is 4.73. The average molecular weight is 266 g/mol. The Morgan fingerprint density at radius 2 is 2.16 bits per heavy atom. The van der Waals surface area contributed by atoms with Crippen molar-refractivity contribution >= 4 is 17.6 Å². The highest BCUT2D eigenvalue weighted by molar-refractivity contribution is 5.79. The van der Waals surface area contributed by atoms with Gasteiger partial charge >= 0.3 is 5.97 Å². The van der Waals surface area contributed by atoms with Crippen LogP contribution in [0.25, 0.3) is 0 Å². The topological polar surface area (TPSA) is 90.1 Å². The number of esters is 1. The molecule has 0 saturated carbocycles. The van der Waals surface area contributed by atoms with Crippen LogP contribution < -0.4 is 11.1 Å². The average Bonchev–Trinajstić information content (AvgIpc) is 2.38. The van der Waals surface area contributed by atoms with E-state index < -0.39 is 6.04 Å². The molecule has 0 radical (unpaired) electrons. The maximum atomic E-state index is 11.8. The smallest absolute Gasteiger partial charge is 0.328 e. The summed E-state index contributed by atoms with van der Waals surface area (Å²) in [5.74, 6) is 0.831. The zero-order chi connectivity index (χ0) is 14.4. The van der Waals surface area contributed by atoms with E-state index in [9.17, 15) is 4.79 Å². The number of hydrogen-bond acceptors (Lipinski definition) is 6. The number of ether oxygens (including phenoxy) is 1. The molecule has 19 heavy (non-hydrogen) atoms. The van der Waals surface area contributed by atoms with Crippen molar-refractivity contribution in [3.63, 3.8) is 0 Å². The predicted octanol–water partition coefficient (Wildman–Crippen LogP) is 1.62. The number of nitrogen functional groups attached to an aromatic ring is 1. The number of carbonyl (C=O) groups excluding carboxylic acids is 1. The van der Waals surface area contributed by atoms with Gasteiger partial charge in [-0.3, -0.25) is 0 Å². The van der Waals surface area contributed by atoms with E-state index >= 15 is 0 Å². The van der Waals surface area contributed by atoms with E-state index in [4.69, 9.17) is 10.5 Å². The van der Waals surface area contributed by atoms with Crippen LogP contribution in [0, 0.1) is 5.92 Å². The molecular weight excluding hydrogens is 244 g/mol. The van der Waals surface area contributed by atoms with Crippen LogP contribution in [-0.4, -0.2) is 29.1 Å². The van der Waals surface area contributed by atoms with E-state index in [1.165, 1.54) is 13.4 Å². The highest BCUT2D eigenvalue weighted by atomic mass is 16.5. The molecule has 106 valence electrons. The van der Waals surface area contributed by atoms with Crippen LogP contribution in [0.2, 0.25) is 0 Å². The first-order valence-corrected chi connectivity index (χ1v) is 6.44. The lowest BCUT2D eigenvalue weighted by atomic mass is 10.0. The van der Waals surface area contributed by atoms with Crippen LogP contribution in [-0.2, 0) is 16.0 Å². The Morgan fingerprint density at radius 1 is 1.47 bits per heavy atom. The van der Waals surface area contributed by atoms with E-state index in [-0.39, 0.29) is 11.9 Å². The molecule has 1 rings (SSSR count). The van der Waals surface area contributed by atoms with E-state index in [0.717, 1.165) is 18.4 Å². The minimum Gasteiger partial charge on any atom is -0.467 e. The largest absolute Gasteiger partial charge is 0.467 e. The van der Waals surface area contributed by atoms with Gasteiger partial charge in [0.25, 0.3) is 0 Å². The fourth-order valence-electron chi connectivity index (χ4n) is 1.82. The summed E-state index contributed by atoms with van der Waals surface area (Å²) >= 11 is 0. The molecule has 0 aromatic carbocycles. The van der Waals surface area contributed by atoms with Gasteiger partial charge in [0.15, 0.2) is 0 Å². The van der Waals surface area contributed by atoms with Gasteiger partial charge < -0.3 is 15.8 Å². The quantitative estimate of drug-likeness (QED) is 0.760. The third-order valence-corrected chi connectivity index (χ3v) is 2.89. The fourth-order valence-corrected chi connectivity index (χ4v) is 1.82. The van der Waals surface area contributed by atoms with Gasteiger partial charge in [-0.25, -0.2) is 14.8 Å². The van der Waals surface area contributed by atoms with Crippen molar-refractivity contribution in [2.75, 3.05) is 18.2 Å². The summed E-state index contributed by atoms with van der Waals surface area (Å²) < 4.78 is 4.80. The van der Waals surface area contributed by atoms with Crippen LogP contribution in [0.3, 0.4) is 0 Å². The fraction of sp³-hybridized carbons (Fsp3) is 0.615. The van der Waals surface area contributed by atoms with E-state index in [1.54, 1.807) is 0 Å². The Balaban J connectivity index is 3.02. The minimum absolute atomic E-state index is 0.0816. The molecule has 6 heteroatoms. The minimum atomic E-state index is -0.449. The molecule has 6 nitrogen and oxygen atoms in total. The third kappa shape index (κ3) is 3.81. The summed E-state index contributed by atoms with van der Waals surface area (Å²) in [7, 11) is 1.38. The predicted molar refractivity (Wildman–Crippen MR) is 74.7 cm³/mol. The number of methoxy groups -OCH3 is 1. The Labute approximate surface area is 113 Å². The number of hydrogen-bond donors (Lipinski definition) is 2. The Morgan fingerprint density at radius 3 is 2.68 bits per heavy atom. The van der Waals surface area contributed by atoms with E-state index in [1.807, 2.05) is 13.8 Å². The van der Waals surface area contributed by atoms with Gasteiger partial charge in [0.05, 0.1) is 7.11 Å². The highest BCUT2D eigenvalue weighted by Crippen LogP contribution is 2.21. The Kier molecular flexibility index (Phi) is 5.54. The molecule has 0 saturated heterocycles. The zero-order valence-electron chi connectivity index (χ0n) is 11.9. The number of anilines is 2. The molecule has 0 aliphatic rings. The van der Waals surface area contributed by atoms with Crippen molar-refractivity contribution in [3.05, 3.63) is 11.9 Å². The normalized spacial score (nSPS) is 12.3. The van der Waals surface area contributed by atoms with E-state index in [0.29, 0.717) is 11.6 Å². The van der Waals surface area contributed by atoms with Crippen molar-refractivity contribution in [1.29, 1.82) is 0 Å². The van der Waals surface area contributed by atoms with Gasteiger partial charge in [-0.2, -0.15) is 0 Å². The molecule has 0 spiro atoms. The summed E-state index contributed by atoms with van der Waals surface area (Å²) in [5.41, 5.74) is 6.71. The molecule has 1 aromatic rings. The van der Waals surface area contributed by atoms with Crippen molar-refractivity contribution in [3.8, 4) is 0 Å². The number of nitrogens with two attached hydrogens (primary N) is 1. The molecule has 1 atom stereocenters. The first kappa shape index (κ1) is 15.2. The van der Waals surface area contributed by atoms with Gasteiger partial charge in [-0.1, -0.05) is 27.2 Å². The lowest BCUT2D eigenvalue weighted by molar-refractivity contribution is -0.142. The van der Waals surface area contributed by atoms with E-state index in [2.05, 4.69) is 22.2 Å².